The van der Waals surface area contributed by atoms with Gasteiger partial charge in [0.25, 0.3) is 0 Å². The molecule has 5 nitrogen and oxygen atoms in total. The van der Waals surface area contributed by atoms with Gasteiger partial charge in [-0.2, -0.15) is 0 Å². The number of benzene rings is 2. The van der Waals surface area contributed by atoms with Crippen LogP contribution in [0.25, 0.3) is 11.3 Å². The third-order valence-electron chi connectivity index (χ3n) is 4.00. The van der Waals surface area contributed by atoms with Crippen LogP contribution in [0, 0.1) is 0 Å². The number of aryl methyl sites for hydroxylation is 1. The first-order chi connectivity index (χ1) is 13.2. The van der Waals surface area contributed by atoms with Crippen LogP contribution in [-0.2, 0) is 16.0 Å². The molecule has 0 saturated heterocycles. The second kappa shape index (κ2) is 8.85. The monoisotopic (exact) mass is 363 g/mol. The molecule has 0 fully saturated rings. The molecule has 1 amide bonds. The van der Waals surface area contributed by atoms with Crippen LogP contribution in [0.5, 0.6) is 0 Å². The molecule has 0 atom stereocenters. The Morgan fingerprint density at radius 3 is 2.41 bits per heavy atom. The van der Waals surface area contributed by atoms with E-state index in [4.69, 9.17) is 9.15 Å². The molecule has 0 unspecified atom stereocenters. The summed E-state index contributed by atoms with van der Waals surface area (Å²) in [6.45, 7) is 2.09. The highest BCUT2D eigenvalue weighted by Gasteiger charge is 2.09. The summed E-state index contributed by atoms with van der Waals surface area (Å²) in [5, 5.41) is 2.82. The number of esters is 1. The van der Waals surface area contributed by atoms with Gasteiger partial charge >= 0.3 is 5.97 Å². The molecule has 27 heavy (non-hydrogen) atoms. The van der Waals surface area contributed by atoms with Crippen LogP contribution in [0.3, 0.4) is 0 Å². The Morgan fingerprint density at radius 2 is 1.70 bits per heavy atom. The van der Waals surface area contributed by atoms with Crippen LogP contribution in [-0.4, -0.2) is 18.5 Å². The van der Waals surface area contributed by atoms with Gasteiger partial charge in [-0.25, -0.2) is 4.79 Å². The molecular weight excluding hydrogens is 342 g/mol. The van der Waals surface area contributed by atoms with Crippen molar-refractivity contribution in [3.8, 4) is 11.3 Å². The Hall–Kier alpha value is -3.34. The van der Waals surface area contributed by atoms with E-state index >= 15 is 0 Å². The lowest BCUT2D eigenvalue weighted by molar-refractivity contribution is -0.116. The summed E-state index contributed by atoms with van der Waals surface area (Å²) in [5.74, 6) is 1.07. The molecule has 3 rings (SSSR count). The topological polar surface area (TPSA) is 68.5 Å². The molecule has 1 N–H and O–H groups in total. The molecule has 2 aromatic carbocycles. The molecule has 0 saturated carbocycles. The smallest absolute Gasteiger partial charge is 0.338 e. The molecular formula is C22H21NO4. The SMILES string of the molecule is CCOC(=O)c1ccc(NC(=O)CCc2ccc(-c3ccccc3)o2)cc1. The van der Waals surface area contributed by atoms with Crippen molar-refractivity contribution in [2.24, 2.45) is 0 Å². The fourth-order valence-corrected chi connectivity index (χ4v) is 2.63. The minimum Gasteiger partial charge on any atom is -0.462 e. The summed E-state index contributed by atoms with van der Waals surface area (Å²) in [5.41, 5.74) is 2.10. The van der Waals surface area contributed by atoms with Gasteiger partial charge in [-0.15, -0.1) is 0 Å². The molecule has 3 aromatic rings. The van der Waals surface area contributed by atoms with Crippen LogP contribution >= 0.6 is 0 Å². The van der Waals surface area contributed by atoms with E-state index in [0.717, 1.165) is 17.1 Å². The number of furan rings is 1. The highest BCUT2D eigenvalue weighted by Crippen LogP contribution is 2.22. The first-order valence-corrected chi connectivity index (χ1v) is 8.87. The lowest BCUT2D eigenvalue weighted by Gasteiger charge is -2.06. The van der Waals surface area contributed by atoms with E-state index in [0.29, 0.717) is 30.7 Å². The van der Waals surface area contributed by atoms with Crippen LogP contribution in [0.4, 0.5) is 5.69 Å². The van der Waals surface area contributed by atoms with E-state index in [-0.39, 0.29) is 11.9 Å². The van der Waals surface area contributed by atoms with Gasteiger partial charge in [0.1, 0.15) is 11.5 Å². The Kier molecular flexibility index (Phi) is 6.05. The van der Waals surface area contributed by atoms with E-state index in [9.17, 15) is 9.59 Å². The number of anilines is 1. The molecule has 0 aliphatic carbocycles. The highest BCUT2D eigenvalue weighted by atomic mass is 16.5. The molecule has 0 aliphatic rings. The maximum absolute atomic E-state index is 12.1. The van der Waals surface area contributed by atoms with Crippen molar-refractivity contribution in [2.45, 2.75) is 19.8 Å². The summed E-state index contributed by atoms with van der Waals surface area (Å²) in [6.07, 6.45) is 0.820. The third kappa shape index (κ3) is 5.07. The van der Waals surface area contributed by atoms with Crippen LogP contribution in [0.15, 0.2) is 71.1 Å². The first-order valence-electron chi connectivity index (χ1n) is 8.87. The third-order valence-corrected chi connectivity index (χ3v) is 4.00. The molecule has 5 heteroatoms. The minimum atomic E-state index is -0.373. The zero-order valence-corrected chi connectivity index (χ0v) is 15.1. The van der Waals surface area contributed by atoms with Gasteiger partial charge in [-0.1, -0.05) is 30.3 Å². The van der Waals surface area contributed by atoms with Crippen molar-refractivity contribution in [3.63, 3.8) is 0 Å². The highest BCUT2D eigenvalue weighted by molar-refractivity contribution is 5.93. The quantitative estimate of drug-likeness (QED) is 0.618. The lowest BCUT2D eigenvalue weighted by atomic mass is 10.2. The Labute approximate surface area is 158 Å². The number of nitrogens with one attached hydrogen (secondary N) is 1. The van der Waals surface area contributed by atoms with E-state index in [2.05, 4.69) is 5.32 Å². The average molecular weight is 363 g/mol. The maximum atomic E-state index is 12.1. The number of hydrogen-bond acceptors (Lipinski definition) is 4. The molecule has 0 spiro atoms. The molecule has 1 aromatic heterocycles. The van der Waals surface area contributed by atoms with Crippen molar-refractivity contribution < 1.29 is 18.7 Å². The van der Waals surface area contributed by atoms with Gasteiger partial charge in [0.15, 0.2) is 0 Å². The minimum absolute atomic E-state index is 0.114. The van der Waals surface area contributed by atoms with Gasteiger partial charge in [-0.3, -0.25) is 4.79 Å². The van der Waals surface area contributed by atoms with Crippen molar-refractivity contribution in [1.29, 1.82) is 0 Å². The van der Waals surface area contributed by atoms with Crippen molar-refractivity contribution >= 4 is 17.6 Å². The summed E-state index contributed by atoms with van der Waals surface area (Å²) in [7, 11) is 0. The molecule has 0 bridgehead atoms. The number of rotatable bonds is 7. The molecule has 1 heterocycles. The summed E-state index contributed by atoms with van der Waals surface area (Å²) in [6, 6.07) is 20.3. The van der Waals surface area contributed by atoms with E-state index in [1.54, 1.807) is 31.2 Å². The maximum Gasteiger partial charge on any atom is 0.338 e. The van der Waals surface area contributed by atoms with E-state index in [1.807, 2.05) is 42.5 Å². The average Bonchev–Trinajstić information content (AvgIpc) is 3.17. The number of carbonyl (C=O) groups is 2. The van der Waals surface area contributed by atoms with E-state index in [1.165, 1.54) is 0 Å². The number of ether oxygens (including phenoxy) is 1. The standard InChI is InChI=1S/C22H21NO4/c1-2-26-22(25)17-8-10-18(11-9-17)23-21(24)15-13-19-12-14-20(27-19)16-6-4-3-5-7-16/h3-12,14H,2,13,15H2,1H3,(H,23,24). The van der Waals surface area contributed by atoms with Gasteiger partial charge < -0.3 is 14.5 Å². The van der Waals surface area contributed by atoms with Crippen molar-refractivity contribution in [2.75, 3.05) is 11.9 Å². The second-order valence-corrected chi connectivity index (χ2v) is 5.98. The Morgan fingerprint density at radius 1 is 0.963 bits per heavy atom. The van der Waals surface area contributed by atoms with Crippen molar-refractivity contribution in [3.05, 3.63) is 78.1 Å². The lowest BCUT2D eigenvalue weighted by Crippen LogP contribution is -2.12. The second-order valence-electron chi connectivity index (χ2n) is 5.98. The normalized spacial score (nSPS) is 10.4. The van der Waals surface area contributed by atoms with Gasteiger partial charge in [0, 0.05) is 24.1 Å². The molecule has 0 radical (unpaired) electrons. The summed E-state index contributed by atoms with van der Waals surface area (Å²) < 4.78 is 10.7. The molecule has 138 valence electrons. The van der Waals surface area contributed by atoms with Crippen LogP contribution in [0.2, 0.25) is 0 Å². The predicted molar refractivity (Wildman–Crippen MR) is 103 cm³/mol. The summed E-state index contributed by atoms with van der Waals surface area (Å²) in [4.78, 5) is 23.8. The molecule has 0 aliphatic heterocycles. The fourth-order valence-electron chi connectivity index (χ4n) is 2.63. The van der Waals surface area contributed by atoms with Gasteiger partial charge in [0.2, 0.25) is 5.91 Å². The van der Waals surface area contributed by atoms with Gasteiger partial charge in [0.05, 0.1) is 12.2 Å². The largest absolute Gasteiger partial charge is 0.462 e. The van der Waals surface area contributed by atoms with Crippen LogP contribution in [0.1, 0.15) is 29.5 Å². The predicted octanol–water partition coefficient (Wildman–Crippen LogP) is 4.69. The summed E-state index contributed by atoms with van der Waals surface area (Å²) >= 11 is 0. The number of amides is 1. The fraction of sp³-hybridized carbons (Fsp3) is 0.182. The number of carbonyl (C=O) groups excluding carboxylic acids is 2. The Balaban J connectivity index is 1.51. The van der Waals surface area contributed by atoms with Gasteiger partial charge in [-0.05, 0) is 43.3 Å². The van der Waals surface area contributed by atoms with Crippen LogP contribution < -0.4 is 5.32 Å². The Bertz CT molecular complexity index is 898. The number of hydrogen-bond donors (Lipinski definition) is 1. The van der Waals surface area contributed by atoms with Crippen molar-refractivity contribution in [1.82, 2.24) is 0 Å². The zero-order chi connectivity index (χ0) is 19.1. The van der Waals surface area contributed by atoms with E-state index < -0.39 is 0 Å². The zero-order valence-electron chi connectivity index (χ0n) is 15.1. The first kappa shape index (κ1) is 18.5.